The molecule has 0 saturated carbocycles. The molecular weight excluding hydrogens is 499 g/mol. The summed E-state index contributed by atoms with van der Waals surface area (Å²) in [5.41, 5.74) is 3.73. The SMILES string of the molecule is CCOC(=O)c1cn(-c2ccc(-c3cc4nc(C(=O)N5CCCCC[C@H]5C)cc(CC)n4n3)c(F)c2)nc1C. The minimum Gasteiger partial charge on any atom is -0.462 e. The minimum absolute atomic E-state index is 0.0726. The first-order chi connectivity index (χ1) is 18.8. The van der Waals surface area contributed by atoms with Gasteiger partial charge >= 0.3 is 5.97 Å². The summed E-state index contributed by atoms with van der Waals surface area (Å²) in [6.45, 7) is 8.51. The molecule has 1 saturated heterocycles. The van der Waals surface area contributed by atoms with Gasteiger partial charge in [0.2, 0.25) is 0 Å². The number of aromatic nitrogens is 5. The Balaban J connectivity index is 1.47. The Kier molecular flexibility index (Phi) is 7.45. The van der Waals surface area contributed by atoms with E-state index in [4.69, 9.17) is 4.74 Å². The van der Waals surface area contributed by atoms with E-state index < -0.39 is 11.8 Å². The average Bonchev–Trinajstić information content (AvgIpc) is 3.46. The first-order valence-corrected chi connectivity index (χ1v) is 13.5. The van der Waals surface area contributed by atoms with E-state index in [-0.39, 0.29) is 18.6 Å². The van der Waals surface area contributed by atoms with Gasteiger partial charge in [-0.3, -0.25) is 4.79 Å². The van der Waals surface area contributed by atoms with E-state index in [9.17, 15) is 9.59 Å². The van der Waals surface area contributed by atoms with Crippen molar-refractivity contribution in [1.82, 2.24) is 29.3 Å². The number of amides is 1. The maximum atomic E-state index is 15.4. The van der Waals surface area contributed by atoms with Crippen molar-refractivity contribution in [2.45, 2.75) is 65.8 Å². The molecule has 0 bridgehead atoms. The number of carbonyl (C=O) groups is 2. The third-order valence-corrected chi connectivity index (χ3v) is 7.28. The topological polar surface area (TPSA) is 94.6 Å². The van der Waals surface area contributed by atoms with Crippen LogP contribution in [0, 0.1) is 12.7 Å². The van der Waals surface area contributed by atoms with Gasteiger partial charge in [-0.2, -0.15) is 10.2 Å². The molecule has 0 spiro atoms. The van der Waals surface area contributed by atoms with Gasteiger partial charge in [0.15, 0.2) is 5.65 Å². The van der Waals surface area contributed by atoms with E-state index in [1.54, 1.807) is 42.6 Å². The molecule has 1 aliphatic rings. The monoisotopic (exact) mass is 532 g/mol. The first-order valence-electron chi connectivity index (χ1n) is 13.5. The van der Waals surface area contributed by atoms with Crippen molar-refractivity contribution in [1.29, 1.82) is 0 Å². The Bertz CT molecular complexity index is 1540. The molecule has 0 radical (unpaired) electrons. The van der Waals surface area contributed by atoms with E-state index >= 15 is 4.39 Å². The van der Waals surface area contributed by atoms with Gasteiger partial charge in [-0.1, -0.05) is 19.8 Å². The summed E-state index contributed by atoms with van der Waals surface area (Å²) >= 11 is 0. The highest BCUT2D eigenvalue weighted by atomic mass is 19.1. The van der Waals surface area contributed by atoms with E-state index in [1.807, 2.05) is 11.8 Å². The van der Waals surface area contributed by atoms with Crippen LogP contribution in [-0.4, -0.2) is 60.3 Å². The maximum absolute atomic E-state index is 15.4. The molecule has 1 amide bonds. The molecule has 5 rings (SSSR count). The Labute approximate surface area is 226 Å². The summed E-state index contributed by atoms with van der Waals surface area (Å²) in [7, 11) is 0. The lowest BCUT2D eigenvalue weighted by molar-refractivity contribution is 0.0525. The zero-order valence-electron chi connectivity index (χ0n) is 22.8. The van der Waals surface area contributed by atoms with Crippen molar-refractivity contribution in [3.8, 4) is 16.9 Å². The van der Waals surface area contributed by atoms with Gasteiger partial charge in [0.25, 0.3) is 5.91 Å². The molecule has 0 N–H and O–H groups in total. The smallest absolute Gasteiger partial charge is 0.341 e. The van der Waals surface area contributed by atoms with Crippen LogP contribution in [0.3, 0.4) is 0 Å². The molecule has 0 aliphatic carbocycles. The van der Waals surface area contributed by atoms with Crippen LogP contribution in [0.2, 0.25) is 0 Å². The second-order valence-electron chi connectivity index (χ2n) is 9.94. The van der Waals surface area contributed by atoms with Crippen molar-refractivity contribution in [2.24, 2.45) is 0 Å². The molecular formula is C29H33FN6O3. The van der Waals surface area contributed by atoms with Crippen LogP contribution in [0.1, 0.15) is 78.7 Å². The van der Waals surface area contributed by atoms with Crippen LogP contribution in [0.4, 0.5) is 4.39 Å². The van der Waals surface area contributed by atoms with E-state index in [1.165, 1.54) is 16.9 Å². The standard InChI is InChI=1S/C29H33FN6O3/c1-5-20-15-26(28(37)34-13-9-7-8-10-18(34)3)31-27-16-25(33-36(20)27)22-12-11-21(14-24(22)30)35-17-23(19(4)32-35)29(38)39-6-2/h11-12,14-18H,5-10,13H2,1-4H3/t18-/m1/s1. The summed E-state index contributed by atoms with van der Waals surface area (Å²) in [5, 5.41) is 8.97. The zero-order valence-corrected chi connectivity index (χ0v) is 22.8. The van der Waals surface area contributed by atoms with E-state index in [0.29, 0.717) is 46.0 Å². The minimum atomic E-state index is -0.491. The number of ether oxygens (including phenoxy) is 1. The van der Waals surface area contributed by atoms with Gasteiger partial charge < -0.3 is 9.64 Å². The van der Waals surface area contributed by atoms with Crippen LogP contribution in [0.5, 0.6) is 0 Å². The molecule has 9 nitrogen and oxygen atoms in total. The molecule has 10 heteroatoms. The fourth-order valence-electron chi connectivity index (χ4n) is 5.11. The van der Waals surface area contributed by atoms with Crippen LogP contribution in [0.25, 0.3) is 22.6 Å². The van der Waals surface area contributed by atoms with Gasteiger partial charge in [-0.05, 0) is 58.2 Å². The molecule has 1 fully saturated rings. The Morgan fingerprint density at radius 1 is 1.10 bits per heavy atom. The summed E-state index contributed by atoms with van der Waals surface area (Å²) in [6, 6.07) is 8.37. The molecule has 39 heavy (non-hydrogen) atoms. The van der Waals surface area contributed by atoms with Crippen LogP contribution < -0.4 is 0 Å². The normalized spacial score (nSPS) is 15.9. The largest absolute Gasteiger partial charge is 0.462 e. The predicted molar refractivity (Wildman–Crippen MR) is 145 cm³/mol. The quantitative estimate of drug-likeness (QED) is 0.318. The van der Waals surface area contributed by atoms with Crippen molar-refractivity contribution in [3.63, 3.8) is 0 Å². The van der Waals surface area contributed by atoms with Crippen LogP contribution in [-0.2, 0) is 11.2 Å². The Hall–Kier alpha value is -4.08. The van der Waals surface area contributed by atoms with Crippen molar-refractivity contribution in [2.75, 3.05) is 13.2 Å². The number of nitrogens with zero attached hydrogens (tertiary/aromatic N) is 6. The van der Waals surface area contributed by atoms with Crippen molar-refractivity contribution < 1.29 is 18.7 Å². The van der Waals surface area contributed by atoms with E-state index in [0.717, 1.165) is 37.9 Å². The lowest BCUT2D eigenvalue weighted by Crippen LogP contribution is -2.38. The van der Waals surface area contributed by atoms with Gasteiger partial charge in [-0.25, -0.2) is 23.4 Å². The fraction of sp³-hybridized carbons (Fsp3) is 0.414. The lowest BCUT2D eigenvalue weighted by Gasteiger charge is -2.27. The number of aryl methyl sites for hydroxylation is 2. The fourth-order valence-corrected chi connectivity index (χ4v) is 5.11. The van der Waals surface area contributed by atoms with Crippen molar-refractivity contribution in [3.05, 3.63) is 65.0 Å². The van der Waals surface area contributed by atoms with Gasteiger partial charge in [-0.15, -0.1) is 0 Å². The van der Waals surface area contributed by atoms with Crippen LogP contribution >= 0.6 is 0 Å². The molecule has 204 valence electrons. The number of hydrogen-bond donors (Lipinski definition) is 0. The summed E-state index contributed by atoms with van der Waals surface area (Å²) in [4.78, 5) is 32.1. The number of likely N-dealkylation sites (tertiary alicyclic amines) is 1. The third kappa shape index (κ3) is 5.15. The number of benzene rings is 1. The number of carbonyl (C=O) groups excluding carboxylic acids is 2. The maximum Gasteiger partial charge on any atom is 0.341 e. The average molecular weight is 533 g/mol. The predicted octanol–water partition coefficient (Wildman–Crippen LogP) is 5.17. The number of hydrogen-bond acceptors (Lipinski definition) is 6. The highest BCUT2D eigenvalue weighted by Gasteiger charge is 2.25. The molecule has 1 atom stereocenters. The van der Waals surface area contributed by atoms with Gasteiger partial charge in [0, 0.05) is 42.2 Å². The Morgan fingerprint density at radius 3 is 2.67 bits per heavy atom. The third-order valence-electron chi connectivity index (χ3n) is 7.28. The molecule has 0 unspecified atom stereocenters. The molecule has 1 aromatic carbocycles. The Morgan fingerprint density at radius 2 is 1.92 bits per heavy atom. The van der Waals surface area contributed by atoms with Crippen molar-refractivity contribution >= 4 is 17.5 Å². The molecule has 3 aromatic heterocycles. The first kappa shape index (κ1) is 26.5. The second kappa shape index (κ2) is 11.0. The number of halogens is 1. The number of esters is 1. The van der Waals surface area contributed by atoms with Gasteiger partial charge in [0.05, 0.1) is 23.7 Å². The van der Waals surface area contributed by atoms with Crippen LogP contribution in [0.15, 0.2) is 36.5 Å². The highest BCUT2D eigenvalue weighted by Crippen LogP contribution is 2.27. The number of rotatable bonds is 6. The highest BCUT2D eigenvalue weighted by molar-refractivity contribution is 5.93. The molecule has 1 aliphatic heterocycles. The second-order valence-corrected chi connectivity index (χ2v) is 9.94. The molecule has 4 aromatic rings. The van der Waals surface area contributed by atoms with E-state index in [2.05, 4.69) is 22.1 Å². The summed E-state index contributed by atoms with van der Waals surface area (Å²) in [5.74, 6) is -1.03. The summed E-state index contributed by atoms with van der Waals surface area (Å²) in [6.07, 6.45) is 6.41. The lowest BCUT2D eigenvalue weighted by atomic mass is 10.1. The number of fused-ring (bicyclic) bond motifs is 1. The zero-order chi connectivity index (χ0) is 27.7. The van der Waals surface area contributed by atoms with Gasteiger partial charge in [0.1, 0.15) is 17.1 Å². The summed E-state index contributed by atoms with van der Waals surface area (Å²) < 4.78 is 23.6. The molecule has 4 heterocycles.